The van der Waals surface area contributed by atoms with Crippen molar-refractivity contribution < 1.29 is 9.90 Å². The molecule has 0 aliphatic rings. The molecule has 0 amide bonds. The number of aliphatic carboxylic acids is 1. The van der Waals surface area contributed by atoms with Crippen molar-refractivity contribution in [2.45, 2.75) is 47.1 Å². The van der Waals surface area contributed by atoms with Crippen molar-refractivity contribution in [2.24, 2.45) is 5.41 Å². The highest BCUT2D eigenvalue weighted by atomic mass is 35.5. The molecular weight excluding hydrogens is 274 g/mol. The number of nitrogens with one attached hydrogen (secondary N) is 1. The molecule has 1 aromatic carbocycles. The first-order valence-electron chi connectivity index (χ1n) is 7.06. The largest absolute Gasteiger partial charge is 0.481 e. The lowest BCUT2D eigenvalue weighted by Gasteiger charge is -2.27. The number of hydrogen-bond donors (Lipinski definition) is 2. The van der Waals surface area contributed by atoms with Gasteiger partial charge in [-0.2, -0.15) is 0 Å². The molecule has 0 heterocycles. The summed E-state index contributed by atoms with van der Waals surface area (Å²) in [5.41, 5.74) is 2.79. The van der Waals surface area contributed by atoms with Crippen LogP contribution in [0.2, 0.25) is 5.02 Å². The van der Waals surface area contributed by atoms with Crippen LogP contribution in [0.3, 0.4) is 0 Å². The molecule has 0 spiro atoms. The third kappa shape index (κ3) is 3.74. The zero-order valence-electron chi connectivity index (χ0n) is 12.7. The monoisotopic (exact) mass is 297 g/mol. The van der Waals surface area contributed by atoms with Gasteiger partial charge in [0.25, 0.3) is 0 Å². The highest BCUT2D eigenvalue weighted by molar-refractivity contribution is 6.30. The molecule has 4 heteroatoms. The van der Waals surface area contributed by atoms with Crippen LogP contribution >= 0.6 is 11.6 Å². The number of carbonyl (C=O) groups is 1. The Hall–Kier alpha value is -1.06. The molecule has 1 rings (SSSR count). The van der Waals surface area contributed by atoms with Gasteiger partial charge in [-0.25, -0.2) is 0 Å². The van der Waals surface area contributed by atoms with Crippen LogP contribution in [0, 0.1) is 19.3 Å². The van der Waals surface area contributed by atoms with E-state index in [0.717, 1.165) is 16.1 Å². The minimum atomic E-state index is -0.723. The highest BCUT2D eigenvalue weighted by Gasteiger charge is 2.34. The third-order valence-corrected chi connectivity index (χ3v) is 4.45. The number of aryl methyl sites for hydroxylation is 2. The predicted octanol–water partition coefficient (Wildman–Crippen LogP) is 3.94. The lowest BCUT2D eigenvalue weighted by atomic mass is 9.82. The highest BCUT2D eigenvalue weighted by Crippen LogP contribution is 2.26. The third-order valence-electron chi connectivity index (χ3n) is 4.23. The van der Waals surface area contributed by atoms with Crippen LogP contribution in [-0.2, 0) is 11.3 Å². The Morgan fingerprint density at radius 3 is 2.15 bits per heavy atom. The minimum absolute atomic E-state index is 0.483. The van der Waals surface area contributed by atoms with E-state index >= 15 is 0 Å². The lowest BCUT2D eigenvalue weighted by molar-refractivity contribution is -0.149. The summed E-state index contributed by atoms with van der Waals surface area (Å²) in [6.45, 7) is 9.07. The molecule has 0 aliphatic heterocycles. The first kappa shape index (κ1) is 17.0. The molecule has 112 valence electrons. The van der Waals surface area contributed by atoms with E-state index in [1.165, 1.54) is 5.56 Å². The summed E-state index contributed by atoms with van der Waals surface area (Å²) in [6, 6.07) is 3.88. The van der Waals surface area contributed by atoms with Crippen LogP contribution in [0.5, 0.6) is 0 Å². The predicted molar refractivity (Wildman–Crippen MR) is 83.3 cm³/mol. The molecule has 0 atom stereocenters. The molecule has 0 fully saturated rings. The minimum Gasteiger partial charge on any atom is -0.481 e. The van der Waals surface area contributed by atoms with E-state index in [1.54, 1.807) is 0 Å². The number of benzene rings is 1. The smallest absolute Gasteiger partial charge is 0.310 e. The Morgan fingerprint density at radius 1 is 1.25 bits per heavy atom. The Balaban J connectivity index is 2.76. The van der Waals surface area contributed by atoms with Crippen molar-refractivity contribution in [3.05, 3.63) is 33.8 Å². The fraction of sp³-hybridized carbons (Fsp3) is 0.562. The molecule has 0 bridgehead atoms. The zero-order chi connectivity index (χ0) is 15.3. The number of rotatable bonds is 7. The van der Waals surface area contributed by atoms with Gasteiger partial charge < -0.3 is 10.4 Å². The van der Waals surface area contributed by atoms with Crippen LogP contribution < -0.4 is 5.32 Å². The quantitative estimate of drug-likeness (QED) is 0.801. The van der Waals surface area contributed by atoms with Gasteiger partial charge in [0.05, 0.1) is 5.41 Å². The van der Waals surface area contributed by atoms with Crippen molar-refractivity contribution in [3.63, 3.8) is 0 Å². The van der Waals surface area contributed by atoms with Gasteiger partial charge in [-0.05, 0) is 55.5 Å². The lowest BCUT2D eigenvalue weighted by Crippen LogP contribution is -2.40. The maximum absolute atomic E-state index is 11.4. The number of carboxylic acid groups (broad SMARTS) is 1. The van der Waals surface area contributed by atoms with Crippen molar-refractivity contribution in [1.29, 1.82) is 0 Å². The SMILES string of the molecule is CCC(CC)(CNCc1c(C)cc(Cl)cc1C)C(=O)O. The molecule has 20 heavy (non-hydrogen) atoms. The Labute approximate surface area is 126 Å². The van der Waals surface area contributed by atoms with Crippen molar-refractivity contribution in [3.8, 4) is 0 Å². The fourth-order valence-electron chi connectivity index (χ4n) is 2.52. The van der Waals surface area contributed by atoms with E-state index in [2.05, 4.69) is 5.32 Å². The van der Waals surface area contributed by atoms with Gasteiger partial charge in [0.2, 0.25) is 0 Å². The van der Waals surface area contributed by atoms with E-state index in [1.807, 2.05) is 39.8 Å². The Bertz CT molecular complexity index is 458. The van der Waals surface area contributed by atoms with Crippen LogP contribution in [0.15, 0.2) is 12.1 Å². The van der Waals surface area contributed by atoms with Crippen molar-refractivity contribution in [1.82, 2.24) is 5.32 Å². The van der Waals surface area contributed by atoms with E-state index in [-0.39, 0.29) is 0 Å². The van der Waals surface area contributed by atoms with E-state index in [0.29, 0.717) is 25.9 Å². The van der Waals surface area contributed by atoms with Gasteiger partial charge in [-0.15, -0.1) is 0 Å². The Kier molecular flexibility index (Phi) is 6.03. The number of hydrogen-bond acceptors (Lipinski definition) is 2. The summed E-state index contributed by atoms with van der Waals surface area (Å²) in [4.78, 5) is 11.4. The number of halogens is 1. The average Bonchev–Trinajstić information content (AvgIpc) is 2.37. The Morgan fingerprint density at radius 2 is 1.75 bits per heavy atom. The molecule has 1 aromatic rings. The molecule has 0 aliphatic carbocycles. The second-order valence-electron chi connectivity index (χ2n) is 5.41. The van der Waals surface area contributed by atoms with Crippen molar-refractivity contribution >= 4 is 17.6 Å². The maximum atomic E-state index is 11.4. The van der Waals surface area contributed by atoms with Gasteiger partial charge in [0.1, 0.15) is 0 Å². The average molecular weight is 298 g/mol. The van der Waals surface area contributed by atoms with Crippen LogP contribution in [0.4, 0.5) is 0 Å². The first-order valence-corrected chi connectivity index (χ1v) is 7.43. The summed E-state index contributed by atoms with van der Waals surface area (Å²) >= 11 is 6.02. The second-order valence-corrected chi connectivity index (χ2v) is 5.85. The summed E-state index contributed by atoms with van der Waals surface area (Å²) in [7, 11) is 0. The summed E-state index contributed by atoms with van der Waals surface area (Å²) in [5.74, 6) is -0.723. The molecule has 0 aromatic heterocycles. The topological polar surface area (TPSA) is 49.3 Å². The standard InChI is InChI=1S/C16H24ClNO2/c1-5-16(6-2,15(19)20)10-18-9-14-11(3)7-13(17)8-12(14)4/h7-8,18H,5-6,9-10H2,1-4H3,(H,19,20). The molecule has 0 unspecified atom stereocenters. The molecular formula is C16H24ClNO2. The van der Waals surface area contributed by atoms with Crippen LogP contribution in [0.25, 0.3) is 0 Å². The first-order chi connectivity index (χ1) is 9.36. The van der Waals surface area contributed by atoms with Gasteiger partial charge in [0, 0.05) is 18.1 Å². The van der Waals surface area contributed by atoms with E-state index in [9.17, 15) is 9.90 Å². The van der Waals surface area contributed by atoms with Crippen molar-refractivity contribution in [2.75, 3.05) is 6.54 Å². The van der Waals surface area contributed by atoms with Gasteiger partial charge in [-0.1, -0.05) is 25.4 Å². The molecule has 2 N–H and O–H groups in total. The van der Waals surface area contributed by atoms with Gasteiger partial charge >= 0.3 is 5.97 Å². The molecule has 0 radical (unpaired) electrons. The fourth-order valence-corrected chi connectivity index (χ4v) is 2.85. The summed E-state index contributed by atoms with van der Waals surface area (Å²) in [6.07, 6.45) is 1.26. The summed E-state index contributed by atoms with van der Waals surface area (Å²) in [5, 5.41) is 13.5. The van der Waals surface area contributed by atoms with Crippen LogP contribution in [-0.4, -0.2) is 17.6 Å². The van der Waals surface area contributed by atoms with Gasteiger partial charge in [0.15, 0.2) is 0 Å². The normalized spacial score (nSPS) is 11.7. The van der Waals surface area contributed by atoms with E-state index in [4.69, 9.17) is 11.6 Å². The van der Waals surface area contributed by atoms with Gasteiger partial charge in [-0.3, -0.25) is 4.79 Å². The zero-order valence-corrected chi connectivity index (χ0v) is 13.5. The summed E-state index contributed by atoms with van der Waals surface area (Å²) < 4.78 is 0. The molecule has 0 saturated carbocycles. The molecule has 3 nitrogen and oxygen atoms in total. The van der Waals surface area contributed by atoms with Crippen LogP contribution in [0.1, 0.15) is 43.4 Å². The second kappa shape index (κ2) is 7.09. The van der Waals surface area contributed by atoms with E-state index < -0.39 is 11.4 Å². The molecule has 0 saturated heterocycles. The number of carboxylic acids is 1. The maximum Gasteiger partial charge on any atom is 0.310 e.